The summed E-state index contributed by atoms with van der Waals surface area (Å²) >= 11 is 0. The van der Waals surface area contributed by atoms with E-state index in [1.807, 2.05) is 0 Å². The Balaban J connectivity index is 2.54. The number of carbonyl (C=O) groups is 2. The van der Waals surface area contributed by atoms with Crippen molar-refractivity contribution in [1.82, 2.24) is 10.6 Å². The summed E-state index contributed by atoms with van der Waals surface area (Å²) in [7, 11) is 1.64. The zero-order valence-electron chi connectivity index (χ0n) is 15.2. The van der Waals surface area contributed by atoms with E-state index in [9.17, 15) is 9.59 Å². The minimum absolute atomic E-state index is 0.0666. The zero-order chi connectivity index (χ0) is 16.9. The first kappa shape index (κ1) is 20.0. The highest BCUT2D eigenvalue weighted by Gasteiger charge is 2.22. The molecule has 134 valence electrons. The van der Waals surface area contributed by atoms with Crippen molar-refractivity contribution >= 4 is 11.8 Å². The third-order valence-corrected chi connectivity index (χ3v) is 4.98. The van der Waals surface area contributed by atoms with Crippen LogP contribution in [0.2, 0.25) is 0 Å². The summed E-state index contributed by atoms with van der Waals surface area (Å²) in [5.74, 6) is 0.358. The molecule has 4 nitrogen and oxygen atoms in total. The maximum atomic E-state index is 12.0. The van der Waals surface area contributed by atoms with Crippen molar-refractivity contribution in [2.24, 2.45) is 5.92 Å². The predicted octanol–water partition coefficient (Wildman–Crippen LogP) is 3.94. The molecule has 2 N–H and O–H groups in total. The number of rotatable bonds is 4. The van der Waals surface area contributed by atoms with E-state index in [4.69, 9.17) is 0 Å². The summed E-state index contributed by atoms with van der Waals surface area (Å²) in [6.45, 7) is 1.49. The van der Waals surface area contributed by atoms with Crippen LogP contribution in [0.4, 0.5) is 0 Å². The van der Waals surface area contributed by atoms with E-state index in [0.717, 1.165) is 6.42 Å². The van der Waals surface area contributed by atoms with Crippen molar-refractivity contribution in [2.75, 3.05) is 7.05 Å². The van der Waals surface area contributed by atoms with E-state index in [1.54, 1.807) is 7.05 Å². The minimum Gasteiger partial charge on any atom is -0.357 e. The van der Waals surface area contributed by atoms with E-state index in [0.29, 0.717) is 5.92 Å². The molecule has 1 aliphatic carbocycles. The van der Waals surface area contributed by atoms with Crippen LogP contribution in [-0.2, 0) is 9.59 Å². The van der Waals surface area contributed by atoms with E-state index in [1.165, 1.54) is 84.0 Å². The number of hydrogen-bond acceptors (Lipinski definition) is 2. The lowest BCUT2D eigenvalue weighted by molar-refractivity contribution is -0.128. The second-order valence-electron chi connectivity index (χ2n) is 7.08. The smallest absolute Gasteiger partial charge is 0.242 e. The van der Waals surface area contributed by atoms with Gasteiger partial charge in [-0.05, 0) is 12.3 Å². The summed E-state index contributed by atoms with van der Waals surface area (Å²) in [4.78, 5) is 23.4. The molecule has 0 spiro atoms. The van der Waals surface area contributed by atoms with Gasteiger partial charge < -0.3 is 10.6 Å². The van der Waals surface area contributed by atoms with Gasteiger partial charge in [-0.1, -0.05) is 77.0 Å². The molecule has 0 aromatic heterocycles. The maximum absolute atomic E-state index is 12.0. The van der Waals surface area contributed by atoms with Crippen LogP contribution in [0.15, 0.2) is 0 Å². The molecule has 0 aromatic carbocycles. The maximum Gasteiger partial charge on any atom is 0.242 e. The lowest BCUT2D eigenvalue weighted by atomic mass is 9.88. The lowest BCUT2D eigenvalue weighted by Crippen LogP contribution is -2.46. The van der Waals surface area contributed by atoms with Crippen LogP contribution >= 0.6 is 0 Å². The van der Waals surface area contributed by atoms with Crippen LogP contribution < -0.4 is 10.6 Å². The third kappa shape index (κ3) is 9.62. The Bertz CT molecular complexity index is 330. The fourth-order valence-corrected chi connectivity index (χ4v) is 3.64. The van der Waals surface area contributed by atoms with Gasteiger partial charge in [-0.2, -0.15) is 0 Å². The van der Waals surface area contributed by atoms with Crippen molar-refractivity contribution in [3.63, 3.8) is 0 Å². The Hall–Kier alpha value is -1.06. The Kier molecular flexibility index (Phi) is 10.8. The molecule has 0 heterocycles. The second kappa shape index (κ2) is 12.4. The highest BCUT2D eigenvalue weighted by atomic mass is 16.2. The SMILES string of the molecule is CNC(=O)[C@H](CC1CCCCCCCCCCCC1)NC(C)=O. The van der Waals surface area contributed by atoms with Crippen LogP contribution in [0.3, 0.4) is 0 Å². The molecule has 1 aliphatic rings. The summed E-state index contributed by atoms with van der Waals surface area (Å²) in [5, 5.41) is 5.51. The highest BCUT2D eigenvalue weighted by molar-refractivity contribution is 5.86. The van der Waals surface area contributed by atoms with Crippen LogP contribution in [0, 0.1) is 5.92 Å². The van der Waals surface area contributed by atoms with Gasteiger partial charge in [0.1, 0.15) is 6.04 Å². The van der Waals surface area contributed by atoms with Crippen molar-refractivity contribution < 1.29 is 9.59 Å². The van der Waals surface area contributed by atoms with Crippen LogP contribution in [0.25, 0.3) is 0 Å². The number of likely N-dealkylation sites (N-methyl/N-ethyl adjacent to an activating group) is 1. The predicted molar refractivity (Wildman–Crippen MR) is 95.2 cm³/mol. The van der Waals surface area contributed by atoms with Gasteiger partial charge in [0.2, 0.25) is 11.8 Å². The molecule has 1 saturated carbocycles. The largest absolute Gasteiger partial charge is 0.357 e. The van der Waals surface area contributed by atoms with Gasteiger partial charge in [0.25, 0.3) is 0 Å². The van der Waals surface area contributed by atoms with Crippen LogP contribution in [0.1, 0.15) is 90.4 Å². The van der Waals surface area contributed by atoms with E-state index < -0.39 is 0 Å². The standard InChI is InChI=1S/C19H36N2O2/c1-16(22)21-18(19(23)20-2)15-17-13-11-9-7-5-3-4-6-8-10-12-14-17/h17-18H,3-15H2,1-2H3,(H,20,23)(H,21,22)/t18-/m0/s1. The molecule has 1 rings (SSSR count). The Labute approximate surface area is 142 Å². The average molecular weight is 325 g/mol. The molecule has 23 heavy (non-hydrogen) atoms. The van der Waals surface area contributed by atoms with Crippen molar-refractivity contribution in [3.8, 4) is 0 Å². The Morgan fingerprint density at radius 3 is 1.70 bits per heavy atom. The fourth-order valence-electron chi connectivity index (χ4n) is 3.64. The topological polar surface area (TPSA) is 58.2 Å². The first-order chi connectivity index (χ1) is 11.1. The number of amides is 2. The van der Waals surface area contributed by atoms with Gasteiger partial charge in [0.15, 0.2) is 0 Å². The monoisotopic (exact) mass is 324 g/mol. The summed E-state index contributed by atoms with van der Waals surface area (Å²) in [6, 6.07) is -0.377. The molecule has 0 unspecified atom stereocenters. The minimum atomic E-state index is -0.377. The molecule has 2 amide bonds. The quantitative estimate of drug-likeness (QED) is 0.823. The Morgan fingerprint density at radius 1 is 0.870 bits per heavy atom. The molecular weight excluding hydrogens is 288 g/mol. The fraction of sp³-hybridized carbons (Fsp3) is 0.895. The third-order valence-electron chi connectivity index (χ3n) is 4.98. The van der Waals surface area contributed by atoms with E-state index >= 15 is 0 Å². The normalized spacial score (nSPS) is 20.4. The summed E-state index contributed by atoms with van der Waals surface area (Å²) in [5.41, 5.74) is 0. The number of nitrogens with one attached hydrogen (secondary N) is 2. The van der Waals surface area contributed by atoms with E-state index in [2.05, 4.69) is 10.6 Å². The van der Waals surface area contributed by atoms with Gasteiger partial charge in [0.05, 0.1) is 0 Å². The molecule has 1 fully saturated rings. The van der Waals surface area contributed by atoms with Crippen molar-refractivity contribution in [3.05, 3.63) is 0 Å². The summed E-state index contributed by atoms with van der Waals surface area (Å²) < 4.78 is 0. The lowest BCUT2D eigenvalue weighted by Gasteiger charge is -2.23. The number of hydrogen-bond donors (Lipinski definition) is 2. The molecule has 1 atom stereocenters. The summed E-state index contributed by atoms with van der Waals surface area (Å²) in [6.07, 6.45) is 16.5. The van der Waals surface area contributed by atoms with Crippen molar-refractivity contribution in [2.45, 2.75) is 96.4 Å². The van der Waals surface area contributed by atoms with Gasteiger partial charge >= 0.3 is 0 Å². The van der Waals surface area contributed by atoms with Crippen LogP contribution in [0.5, 0.6) is 0 Å². The molecule has 0 radical (unpaired) electrons. The number of carbonyl (C=O) groups excluding carboxylic acids is 2. The molecule has 0 bridgehead atoms. The average Bonchev–Trinajstić information content (AvgIpc) is 2.55. The van der Waals surface area contributed by atoms with E-state index in [-0.39, 0.29) is 17.9 Å². The molecular formula is C19H36N2O2. The first-order valence-corrected chi connectivity index (χ1v) is 9.62. The van der Waals surface area contributed by atoms with Gasteiger partial charge in [-0.25, -0.2) is 0 Å². The van der Waals surface area contributed by atoms with Crippen molar-refractivity contribution in [1.29, 1.82) is 0 Å². The van der Waals surface area contributed by atoms with Gasteiger partial charge in [-0.15, -0.1) is 0 Å². The molecule has 0 aliphatic heterocycles. The van der Waals surface area contributed by atoms with Gasteiger partial charge in [0, 0.05) is 14.0 Å². The first-order valence-electron chi connectivity index (χ1n) is 9.62. The Morgan fingerprint density at radius 2 is 1.30 bits per heavy atom. The molecule has 0 saturated heterocycles. The molecule has 0 aromatic rings. The van der Waals surface area contributed by atoms with Gasteiger partial charge in [-0.3, -0.25) is 9.59 Å². The van der Waals surface area contributed by atoms with Crippen LogP contribution in [-0.4, -0.2) is 24.9 Å². The zero-order valence-corrected chi connectivity index (χ0v) is 15.2. The molecule has 4 heteroatoms. The second-order valence-corrected chi connectivity index (χ2v) is 7.08. The highest BCUT2D eigenvalue weighted by Crippen LogP contribution is 2.24.